The average Bonchev–Trinajstić information content (AvgIpc) is 2.56. The van der Waals surface area contributed by atoms with Gasteiger partial charge in [-0.3, -0.25) is 14.6 Å². The Kier molecular flexibility index (Phi) is 5.68. The zero-order chi connectivity index (χ0) is 16.1. The molecule has 1 aliphatic carbocycles. The second-order valence-corrected chi connectivity index (χ2v) is 7.02. The minimum atomic E-state index is 0.0988. The highest BCUT2D eigenvalue weighted by Crippen LogP contribution is 2.23. The molecule has 1 N–H and O–H groups in total. The zero-order valence-corrected chi connectivity index (χ0v) is 14.3. The lowest BCUT2D eigenvalue weighted by atomic mass is 9.94. The summed E-state index contributed by atoms with van der Waals surface area (Å²) in [6, 6.07) is 8.78. The van der Waals surface area contributed by atoms with Crippen molar-refractivity contribution < 1.29 is 4.79 Å². The molecule has 0 unspecified atom stereocenters. The summed E-state index contributed by atoms with van der Waals surface area (Å²) in [7, 11) is 0. The Morgan fingerprint density at radius 2 is 1.87 bits per heavy atom. The Hall–Kier alpha value is -1.39. The molecule has 3 rings (SSSR count). The van der Waals surface area contributed by atoms with Gasteiger partial charge in [0.05, 0.1) is 6.54 Å². The molecular weight excluding hydrogens is 286 g/mol. The summed E-state index contributed by atoms with van der Waals surface area (Å²) >= 11 is 0. The van der Waals surface area contributed by atoms with Crippen molar-refractivity contribution in [3.63, 3.8) is 0 Å². The number of piperazine rings is 1. The highest BCUT2D eigenvalue weighted by Gasteiger charge is 2.25. The predicted molar refractivity (Wildman–Crippen MR) is 94.7 cm³/mol. The number of hydrogen-bond acceptors (Lipinski definition) is 3. The molecule has 1 saturated heterocycles. The van der Waals surface area contributed by atoms with Crippen LogP contribution in [0.1, 0.15) is 37.7 Å². The predicted octanol–water partition coefficient (Wildman–Crippen LogP) is 2.88. The smallest absolute Gasteiger partial charge is 0.238 e. The van der Waals surface area contributed by atoms with E-state index >= 15 is 0 Å². The summed E-state index contributed by atoms with van der Waals surface area (Å²) in [6.07, 6.45) is 6.94. The summed E-state index contributed by atoms with van der Waals surface area (Å²) in [5.74, 6) is 0.0988. The topological polar surface area (TPSA) is 35.6 Å². The molecule has 1 aromatic rings. The van der Waals surface area contributed by atoms with Gasteiger partial charge in [-0.1, -0.05) is 31.4 Å². The molecule has 0 aromatic heterocycles. The first-order chi connectivity index (χ1) is 11.2. The van der Waals surface area contributed by atoms with E-state index in [1.54, 1.807) is 0 Å². The molecule has 23 heavy (non-hydrogen) atoms. The van der Waals surface area contributed by atoms with Crippen molar-refractivity contribution in [2.45, 2.75) is 45.1 Å². The fraction of sp³-hybridized carbons (Fsp3) is 0.632. The van der Waals surface area contributed by atoms with Gasteiger partial charge in [0.15, 0.2) is 0 Å². The molecular formula is C19H29N3O. The van der Waals surface area contributed by atoms with Crippen LogP contribution in [-0.4, -0.2) is 54.5 Å². The van der Waals surface area contributed by atoms with Crippen LogP contribution in [-0.2, 0) is 4.79 Å². The van der Waals surface area contributed by atoms with Crippen LogP contribution in [0.15, 0.2) is 24.3 Å². The van der Waals surface area contributed by atoms with Gasteiger partial charge in [-0.05, 0) is 37.5 Å². The van der Waals surface area contributed by atoms with Gasteiger partial charge >= 0.3 is 0 Å². The number of rotatable bonds is 4. The van der Waals surface area contributed by atoms with E-state index in [0.717, 1.165) is 37.9 Å². The molecule has 1 amide bonds. The van der Waals surface area contributed by atoms with E-state index in [2.05, 4.69) is 15.1 Å². The third kappa shape index (κ3) is 4.79. The van der Waals surface area contributed by atoms with Crippen molar-refractivity contribution in [3.8, 4) is 0 Å². The minimum absolute atomic E-state index is 0.0988. The average molecular weight is 315 g/mol. The maximum absolute atomic E-state index is 12.2. The molecule has 126 valence electrons. The van der Waals surface area contributed by atoms with E-state index < -0.39 is 0 Å². The van der Waals surface area contributed by atoms with Crippen LogP contribution < -0.4 is 5.32 Å². The Morgan fingerprint density at radius 1 is 1.13 bits per heavy atom. The first-order valence-electron chi connectivity index (χ1n) is 9.03. The number of benzene rings is 1. The van der Waals surface area contributed by atoms with Gasteiger partial charge in [-0.15, -0.1) is 0 Å². The standard InChI is InChI=1S/C19H29N3O/c1-16-6-5-7-17(14-16)20-19(23)15-21-10-12-22(13-11-21)18-8-3-2-4-9-18/h5-7,14,18H,2-4,8-13,15H2,1H3,(H,20,23). The van der Waals surface area contributed by atoms with E-state index in [-0.39, 0.29) is 5.91 Å². The second-order valence-electron chi connectivity index (χ2n) is 7.02. The van der Waals surface area contributed by atoms with Crippen molar-refractivity contribution in [1.82, 2.24) is 9.80 Å². The second kappa shape index (κ2) is 7.93. The molecule has 4 nitrogen and oxygen atoms in total. The molecule has 1 aromatic carbocycles. The maximum atomic E-state index is 12.2. The molecule has 0 radical (unpaired) electrons. The highest BCUT2D eigenvalue weighted by molar-refractivity contribution is 5.92. The van der Waals surface area contributed by atoms with Crippen LogP contribution >= 0.6 is 0 Å². The number of carbonyl (C=O) groups is 1. The van der Waals surface area contributed by atoms with E-state index in [1.165, 1.54) is 37.7 Å². The number of aryl methyl sites for hydroxylation is 1. The fourth-order valence-electron chi connectivity index (χ4n) is 3.86. The van der Waals surface area contributed by atoms with Crippen LogP contribution in [0, 0.1) is 6.92 Å². The first-order valence-corrected chi connectivity index (χ1v) is 9.03. The Balaban J connectivity index is 1.42. The van der Waals surface area contributed by atoms with Crippen LogP contribution in [0.3, 0.4) is 0 Å². The quantitative estimate of drug-likeness (QED) is 0.928. The Bertz CT molecular complexity index is 517. The minimum Gasteiger partial charge on any atom is -0.325 e. The van der Waals surface area contributed by atoms with Crippen molar-refractivity contribution in [2.24, 2.45) is 0 Å². The highest BCUT2D eigenvalue weighted by atomic mass is 16.2. The molecule has 0 spiro atoms. The number of amides is 1. The molecule has 1 saturated carbocycles. The SMILES string of the molecule is Cc1cccc(NC(=O)CN2CCN(C3CCCCC3)CC2)c1. The third-order valence-corrected chi connectivity index (χ3v) is 5.17. The van der Waals surface area contributed by atoms with E-state index in [9.17, 15) is 4.79 Å². The number of carbonyl (C=O) groups excluding carboxylic acids is 1. The molecule has 4 heteroatoms. The van der Waals surface area contributed by atoms with E-state index in [4.69, 9.17) is 0 Å². The molecule has 2 fully saturated rings. The normalized spacial score (nSPS) is 21.3. The summed E-state index contributed by atoms with van der Waals surface area (Å²) in [6.45, 7) is 6.80. The van der Waals surface area contributed by atoms with Gasteiger partial charge in [0.2, 0.25) is 5.91 Å². The Labute approximate surface area is 139 Å². The molecule has 2 aliphatic rings. The lowest BCUT2D eigenvalue weighted by molar-refractivity contribution is -0.117. The van der Waals surface area contributed by atoms with Gasteiger partial charge in [-0.2, -0.15) is 0 Å². The van der Waals surface area contributed by atoms with Gasteiger partial charge in [-0.25, -0.2) is 0 Å². The lowest BCUT2D eigenvalue weighted by Gasteiger charge is -2.40. The van der Waals surface area contributed by atoms with Crippen molar-refractivity contribution in [3.05, 3.63) is 29.8 Å². The van der Waals surface area contributed by atoms with Crippen LogP contribution in [0.25, 0.3) is 0 Å². The van der Waals surface area contributed by atoms with Crippen LogP contribution in [0.4, 0.5) is 5.69 Å². The number of nitrogens with one attached hydrogen (secondary N) is 1. The van der Waals surface area contributed by atoms with Crippen molar-refractivity contribution >= 4 is 11.6 Å². The van der Waals surface area contributed by atoms with Crippen molar-refractivity contribution in [2.75, 3.05) is 38.0 Å². The summed E-state index contributed by atoms with van der Waals surface area (Å²) in [4.78, 5) is 17.1. The first kappa shape index (κ1) is 16.5. The largest absolute Gasteiger partial charge is 0.325 e. The van der Waals surface area contributed by atoms with E-state index in [0.29, 0.717) is 6.54 Å². The Morgan fingerprint density at radius 3 is 2.57 bits per heavy atom. The summed E-state index contributed by atoms with van der Waals surface area (Å²) in [5, 5.41) is 3.01. The molecule has 1 heterocycles. The van der Waals surface area contributed by atoms with Gasteiger partial charge < -0.3 is 5.32 Å². The molecule has 0 atom stereocenters. The fourth-order valence-corrected chi connectivity index (χ4v) is 3.86. The third-order valence-electron chi connectivity index (χ3n) is 5.17. The zero-order valence-electron chi connectivity index (χ0n) is 14.3. The monoisotopic (exact) mass is 315 g/mol. The maximum Gasteiger partial charge on any atom is 0.238 e. The number of nitrogens with zero attached hydrogens (tertiary/aromatic N) is 2. The van der Waals surface area contributed by atoms with Gasteiger partial charge in [0.25, 0.3) is 0 Å². The number of hydrogen-bond donors (Lipinski definition) is 1. The molecule has 0 bridgehead atoms. The van der Waals surface area contributed by atoms with Gasteiger partial charge in [0.1, 0.15) is 0 Å². The van der Waals surface area contributed by atoms with Gasteiger partial charge in [0, 0.05) is 37.9 Å². The number of anilines is 1. The van der Waals surface area contributed by atoms with Crippen LogP contribution in [0.5, 0.6) is 0 Å². The van der Waals surface area contributed by atoms with Crippen molar-refractivity contribution in [1.29, 1.82) is 0 Å². The van der Waals surface area contributed by atoms with Crippen LogP contribution in [0.2, 0.25) is 0 Å². The van der Waals surface area contributed by atoms with E-state index in [1.807, 2.05) is 31.2 Å². The summed E-state index contributed by atoms with van der Waals surface area (Å²) < 4.78 is 0. The molecule has 1 aliphatic heterocycles. The summed E-state index contributed by atoms with van der Waals surface area (Å²) in [5.41, 5.74) is 2.07. The lowest BCUT2D eigenvalue weighted by Crippen LogP contribution is -2.52.